The lowest BCUT2D eigenvalue weighted by Crippen LogP contribution is -2.35. The van der Waals surface area contributed by atoms with Crippen molar-refractivity contribution in [2.75, 3.05) is 39.4 Å². The van der Waals surface area contributed by atoms with E-state index in [4.69, 9.17) is 14.2 Å². The van der Waals surface area contributed by atoms with Gasteiger partial charge in [-0.1, -0.05) is 18.2 Å². The number of para-hydroxylation sites is 1. The van der Waals surface area contributed by atoms with Gasteiger partial charge < -0.3 is 19.1 Å². The molecule has 0 spiro atoms. The number of fused-ring (bicyclic) bond motifs is 1. The van der Waals surface area contributed by atoms with E-state index in [0.717, 1.165) is 28.5 Å². The molecule has 0 bridgehead atoms. The number of Topliss-reactive ketones (excluding diaryl/α,β-unsaturated/α-hetero) is 1. The van der Waals surface area contributed by atoms with E-state index in [1.54, 1.807) is 21.3 Å². The van der Waals surface area contributed by atoms with E-state index in [2.05, 4.69) is 21.9 Å². The number of methoxy groups -OCH3 is 3. The quantitative estimate of drug-likeness (QED) is 0.414. The van der Waals surface area contributed by atoms with E-state index in [0.29, 0.717) is 18.8 Å². The number of carbonyl (C=O) groups is 1. The number of carbonyl (C=O) groups excluding carboxylic acids is 1. The molecule has 3 aromatic rings. The van der Waals surface area contributed by atoms with Gasteiger partial charge in [-0.15, -0.1) is 0 Å². The summed E-state index contributed by atoms with van der Waals surface area (Å²) >= 11 is 0. The van der Waals surface area contributed by atoms with Crippen molar-refractivity contribution in [1.29, 1.82) is 0 Å². The van der Waals surface area contributed by atoms with Crippen molar-refractivity contribution in [3.8, 4) is 17.2 Å². The lowest BCUT2D eigenvalue weighted by atomic mass is 9.90. The highest BCUT2D eigenvalue weighted by Crippen LogP contribution is 2.61. The second-order valence-electron chi connectivity index (χ2n) is 8.14. The van der Waals surface area contributed by atoms with Gasteiger partial charge in [0.15, 0.2) is 5.78 Å². The Balaban J connectivity index is 1.55. The molecule has 32 heavy (non-hydrogen) atoms. The SMILES string of the molecule is COc1ccc(C(=O)[C@@]23CN(c4ccccc4)CN2[C@H]3c2cc(OC)ccc2OC)cc1. The Morgan fingerprint density at radius 3 is 2.22 bits per heavy atom. The van der Waals surface area contributed by atoms with E-state index in [1.807, 2.05) is 60.7 Å². The van der Waals surface area contributed by atoms with Gasteiger partial charge in [0.2, 0.25) is 0 Å². The molecule has 1 unspecified atom stereocenters. The second-order valence-corrected chi connectivity index (χ2v) is 8.14. The molecule has 0 saturated carbocycles. The fourth-order valence-corrected chi connectivity index (χ4v) is 4.91. The lowest BCUT2D eigenvalue weighted by Gasteiger charge is -2.24. The molecule has 2 saturated heterocycles. The summed E-state index contributed by atoms with van der Waals surface area (Å²) in [6.45, 7) is 1.27. The Morgan fingerprint density at radius 2 is 1.56 bits per heavy atom. The molecule has 3 atom stereocenters. The maximum Gasteiger partial charge on any atom is 0.186 e. The van der Waals surface area contributed by atoms with Crippen LogP contribution in [0.25, 0.3) is 0 Å². The Hall–Kier alpha value is -3.51. The molecule has 6 heteroatoms. The number of benzene rings is 3. The molecule has 0 radical (unpaired) electrons. The number of ether oxygens (including phenoxy) is 3. The van der Waals surface area contributed by atoms with E-state index in [1.165, 1.54) is 0 Å². The zero-order chi connectivity index (χ0) is 22.3. The van der Waals surface area contributed by atoms with Crippen molar-refractivity contribution in [3.05, 3.63) is 83.9 Å². The minimum atomic E-state index is -0.663. The summed E-state index contributed by atoms with van der Waals surface area (Å²) in [5, 5.41) is 0. The van der Waals surface area contributed by atoms with Gasteiger partial charge in [0.05, 0.1) is 34.0 Å². The third kappa shape index (κ3) is 3.10. The second kappa shape index (κ2) is 7.88. The van der Waals surface area contributed by atoms with Gasteiger partial charge in [0, 0.05) is 23.4 Å². The average molecular weight is 431 g/mol. The first-order valence-corrected chi connectivity index (χ1v) is 10.6. The lowest BCUT2D eigenvalue weighted by molar-refractivity contribution is 0.0933. The van der Waals surface area contributed by atoms with Crippen LogP contribution >= 0.6 is 0 Å². The highest BCUT2D eigenvalue weighted by molar-refractivity contribution is 6.07. The van der Waals surface area contributed by atoms with Crippen LogP contribution in [0.15, 0.2) is 72.8 Å². The van der Waals surface area contributed by atoms with Crippen LogP contribution in [0.3, 0.4) is 0 Å². The van der Waals surface area contributed by atoms with Crippen LogP contribution in [-0.4, -0.2) is 50.8 Å². The predicted molar refractivity (Wildman–Crippen MR) is 123 cm³/mol. The van der Waals surface area contributed by atoms with Crippen LogP contribution < -0.4 is 19.1 Å². The molecule has 0 N–H and O–H groups in total. The molecule has 0 amide bonds. The van der Waals surface area contributed by atoms with E-state index in [-0.39, 0.29) is 11.8 Å². The molecule has 2 aliphatic heterocycles. The van der Waals surface area contributed by atoms with Crippen molar-refractivity contribution >= 4 is 11.5 Å². The Kier molecular flexibility index (Phi) is 5.02. The zero-order valence-electron chi connectivity index (χ0n) is 18.4. The molecule has 5 rings (SSSR count). The summed E-state index contributed by atoms with van der Waals surface area (Å²) in [6, 6.07) is 23.3. The molecule has 6 nitrogen and oxygen atoms in total. The van der Waals surface area contributed by atoms with Crippen LogP contribution in [0.4, 0.5) is 5.69 Å². The zero-order valence-corrected chi connectivity index (χ0v) is 18.4. The standard InChI is InChI=1S/C26H26N2O4/c1-30-20-11-9-18(10-12-20)25(29)26-16-27(19-7-5-4-6-8-19)17-28(26)24(26)22-15-21(31-2)13-14-23(22)32-3/h4-15,24H,16-17H2,1-3H3/t24-,26-,28?/m0/s1. The summed E-state index contributed by atoms with van der Waals surface area (Å²) in [5.74, 6) is 2.35. The average Bonchev–Trinajstić information content (AvgIpc) is 3.31. The molecule has 0 aliphatic carbocycles. The van der Waals surface area contributed by atoms with E-state index >= 15 is 0 Å². The highest BCUT2D eigenvalue weighted by Gasteiger charge is 2.72. The van der Waals surface area contributed by atoms with Gasteiger partial charge in [0.25, 0.3) is 0 Å². The van der Waals surface area contributed by atoms with Gasteiger partial charge in [-0.05, 0) is 54.6 Å². The number of ketones is 1. The Labute approximate surface area is 187 Å². The molecule has 2 heterocycles. The monoisotopic (exact) mass is 430 g/mol. The largest absolute Gasteiger partial charge is 0.497 e. The Morgan fingerprint density at radius 1 is 0.875 bits per heavy atom. The van der Waals surface area contributed by atoms with Crippen molar-refractivity contribution in [2.45, 2.75) is 11.6 Å². The van der Waals surface area contributed by atoms with Gasteiger partial charge in [-0.3, -0.25) is 9.69 Å². The third-order valence-electron chi connectivity index (χ3n) is 6.56. The molecule has 2 fully saturated rings. The van der Waals surface area contributed by atoms with E-state index < -0.39 is 5.54 Å². The van der Waals surface area contributed by atoms with Crippen molar-refractivity contribution in [3.63, 3.8) is 0 Å². The van der Waals surface area contributed by atoms with Crippen LogP contribution in [0.2, 0.25) is 0 Å². The predicted octanol–water partition coefficient (Wildman–Crippen LogP) is 4.17. The number of anilines is 1. The fourth-order valence-electron chi connectivity index (χ4n) is 4.91. The van der Waals surface area contributed by atoms with Crippen LogP contribution in [0.5, 0.6) is 17.2 Å². The molecular formula is C26H26N2O4. The minimum absolute atomic E-state index is 0.0814. The van der Waals surface area contributed by atoms with Crippen LogP contribution in [0.1, 0.15) is 22.0 Å². The maximum atomic E-state index is 13.9. The topological polar surface area (TPSA) is 51.0 Å². The summed E-state index contributed by atoms with van der Waals surface area (Å²) in [5.41, 5.74) is 2.10. The van der Waals surface area contributed by atoms with Gasteiger partial charge in [0.1, 0.15) is 22.8 Å². The van der Waals surface area contributed by atoms with Crippen molar-refractivity contribution in [1.82, 2.24) is 4.90 Å². The summed E-state index contributed by atoms with van der Waals surface area (Å²) in [6.07, 6.45) is 0. The first kappa shape index (κ1) is 20.4. The summed E-state index contributed by atoms with van der Waals surface area (Å²) < 4.78 is 16.4. The number of rotatable bonds is 7. The maximum absolute atomic E-state index is 13.9. The minimum Gasteiger partial charge on any atom is -0.497 e. The smallest absolute Gasteiger partial charge is 0.186 e. The number of nitrogens with zero attached hydrogens (tertiary/aromatic N) is 2. The third-order valence-corrected chi connectivity index (χ3v) is 6.56. The molecule has 3 aromatic carbocycles. The van der Waals surface area contributed by atoms with Crippen LogP contribution in [0, 0.1) is 0 Å². The summed E-state index contributed by atoms with van der Waals surface area (Å²) in [4.78, 5) is 18.5. The highest BCUT2D eigenvalue weighted by atomic mass is 16.5. The van der Waals surface area contributed by atoms with Gasteiger partial charge in [-0.25, -0.2) is 0 Å². The van der Waals surface area contributed by atoms with Gasteiger partial charge >= 0.3 is 0 Å². The molecule has 164 valence electrons. The van der Waals surface area contributed by atoms with Gasteiger partial charge in [-0.2, -0.15) is 0 Å². The number of hydrogen-bond donors (Lipinski definition) is 0. The summed E-state index contributed by atoms with van der Waals surface area (Å²) in [7, 11) is 4.93. The fraction of sp³-hybridized carbons (Fsp3) is 0.269. The van der Waals surface area contributed by atoms with Crippen molar-refractivity contribution in [2.24, 2.45) is 0 Å². The normalized spacial score (nSPS) is 23.4. The first-order chi connectivity index (χ1) is 15.6. The first-order valence-electron chi connectivity index (χ1n) is 10.6. The Bertz CT molecular complexity index is 1130. The number of hydrogen-bond acceptors (Lipinski definition) is 6. The van der Waals surface area contributed by atoms with E-state index in [9.17, 15) is 4.79 Å². The van der Waals surface area contributed by atoms with Crippen LogP contribution in [-0.2, 0) is 0 Å². The molecule has 2 aliphatic rings. The molecular weight excluding hydrogens is 404 g/mol. The molecule has 0 aromatic heterocycles. The van der Waals surface area contributed by atoms with Crippen molar-refractivity contribution < 1.29 is 19.0 Å².